The van der Waals surface area contributed by atoms with Crippen molar-refractivity contribution in [2.75, 3.05) is 0 Å². The van der Waals surface area contributed by atoms with E-state index in [1.165, 1.54) is 6.92 Å². The molecule has 3 aromatic rings. The molecule has 1 aliphatic carbocycles. The molecule has 3 aromatic carbocycles. The Hall–Kier alpha value is -3.73. The molecule has 0 saturated heterocycles. The second-order valence-electron chi connectivity index (χ2n) is 9.75. The highest BCUT2D eigenvalue weighted by Crippen LogP contribution is 2.41. The van der Waals surface area contributed by atoms with Gasteiger partial charge in [-0.2, -0.15) is 0 Å². The summed E-state index contributed by atoms with van der Waals surface area (Å²) in [6, 6.07) is 26.7. The van der Waals surface area contributed by atoms with Gasteiger partial charge in [0.25, 0.3) is 0 Å². The van der Waals surface area contributed by atoms with Crippen LogP contribution in [-0.4, -0.2) is 23.7 Å². The van der Waals surface area contributed by atoms with Crippen LogP contribution in [0.1, 0.15) is 50.2 Å². The number of ketones is 1. The van der Waals surface area contributed by atoms with Crippen LogP contribution in [0.15, 0.2) is 84.9 Å². The van der Waals surface area contributed by atoms with Gasteiger partial charge in [0.1, 0.15) is 18.4 Å². The fourth-order valence-corrected chi connectivity index (χ4v) is 5.05. The van der Waals surface area contributed by atoms with Crippen molar-refractivity contribution in [1.29, 1.82) is 0 Å². The van der Waals surface area contributed by atoms with E-state index in [9.17, 15) is 14.4 Å². The van der Waals surface area contributed by atoms with Gasteiger partial charge in [-0.25, -0.2) is 4.79 Å². The molecule has 1 saturated carbocycles. The zero-order valence-corrected chi connectivity index (χ0v) is 20.7. The van der Waals surface area contributed by atoms with Gasteiger partial charge in [0.2, 0.25) is 5.91 Å². The number of hydrogen-bond acceptors (Lipinski definition) is 4. The van der Waals surface area contributed by atoms with Gasteiger partial charge in [-0.1, -0.05) is 97.8 Å². The molecule has 1 aliphatic rings. The van der Waals surface area contributed by atoms with E-state index in [0.29, 0.717) is 19.3 Å². The topological polar surface area (TPSA) is 72.5 Å². The fourth-order valence-electron chi connectivity index (χ4n) is 5.05. The summed E-state index contributed by atoms with van der Waals surface area (Å²) in [5.74, 6) is -0.708. The SMILES string of the molecule is CC(=O)CC1(C(=O)N[C@@H](Cc2ccc(-c3ccccc3)cc2)C(=O)OCc2ccccc2)CCCC1. The molecule has 0 heterocycles. The Morgan fingerprint density at radius 1 is 0.806 bits per heavy atom. The lowest BCUT2D eigenvalue weighted by atomic mass is 9.80. The normalized spacial score (nSPS) is 15.1. The third-order valence-corrected chi connectivity index (χ3v) is 6.94. The lowest BCUT2D eigenvalue weighted by Crippen LogP contribution is -2.49. The van der Waals surface area contributed by atoms with Crippen LogP contribution in [0.25, 0.3) is 11.1 Å². The number of amides is 1. The predicted octanol–water partition coefficient (Wildman–Crippen LogP) is 5.66. The zero-order chi connectivity index (χ0) is 25.4. The van der Waals surface area contributed by atoms with Crippen molar-refractivity contribution in [3.8, 4) is 11.1 Å². The number of hydrogen-bond donors (Lipinski definition) is 1. The van der Waals surface area contributed by atoms with Crippen molar-refractivity contribution in [2.24, 2.45) is 5.41 Å². The Kier molecular flexibility index (Phi) is 8.32. The first-order valence-electron chi connectivity index (χ1n) is 12.6. The molecule has 4 rings (SSSR count). The van der Waals surface area contributed by atoms with Gasteiger partial charge in [-0.3, -0.25) is 9.59 Å². The number of nitrogens with one attached hydrogen (secondary N) is 1. The minimum Gasteiger partial charge on any atom is -0.459 e. The van der Waals surface area contributed by atoms with E-state index in [4.69, 9.17) is 4.74 Å². The molecule has 0 bridgehead atoms. The van der Waals surface area contributed by atoms with E-state index in [2.05, 4.69) is 17.4 Å². The molecule has 1 N–H and O–H groups in total. The number of Topliss-reactive ketones (excluding diaryl/α,β-unsaturated/α-hetero) is 1. The van der Waals surface area contributed by atoms with Crippen molar-refractivity contribution >= 4 is 17.7 Å². The second-order valence-corrected chi connectivity index (χ2v) is 9.75. The molecular formula is C31H33NO4. The monoisotopic (exact) mass is 483 g/mol. The van der Waals surface area contributed by atoms with E-state index in [1.807, 2.05) is 72.8 Å². The van der Waals surface area contributed by atoms with Gasteiger partial charge < -0.3 is 10.1 Å². The first-order chi connectivity index (χ1) is 17.4. The van der Waals surface area contributed by atoms with Gasteiger partial charge in [0, 0.05) is 12.8 Å². The molecule has 186 valence electrons. The average molecular weight is 484 g/mol. The Morgan fingerprint density at radius 3 is 2.00 bits per heavy atom. The largest absolute Gasteiger partial charge is 0.459 e. The van der Waals surface area contributed by atoms with Crippen molar-refractivity contribution in [1.82, 2.24) is 5.32 Å². The highest BCUT2D eigenvalue weighted by atomic mass is 16.5. The third-order valence-electron chi connectivity index (χ3n) is 6.94. The smallest absolute Gasteiger partial charge is 0.329 e. The van der Waals surface area contributed by atoms with Crippen LogP contribution in [0.4, 0.5) is 0 Å². The summed E-state index contributed by atoms with van der Waals surface area (Å²) in [6.45, 7) is 1.66. The zero-order valence-electron chi connectivity index (χ0n) is 20.7. The molecule has 1 fully saturated rings. The minimum atomic E-state index is -0.840. The first kappa shape index (κ1) is 25.4. The van der Waals surface area contributed by atoms with Gasteiger partial charge in [0.15, 0.2) is 0 Å². The summed E-state index contributed by atoms with van der Waals surface area (Å²) >= 11 is 0. The summed E-state index contributed by atoms with van der Waals surface area (Å²) in [4.78, 5) is 38.6. The number of rotatable bonds is 10. The maximum absolute atomic E-state index is 13.5. The molecular weight excluding hydrogens is 450 g/mol. The highest BCUT2D eigenvalue weighted by molar-refractivity contribution is 5.92. The maximum Gasteiger partial charge on any atom is 0.329 e. The van der Waals surface area contributed by atoms with E-state index in [0.717, 1.165) is 35.1 Å². The predicted molar refractivity (Wildman–Crippen MR) is 140 cm³/mol. The maximum atomic E-state index is 13.5. The number of ether oxygens (including phenoxy) is 1. The van der Waals surface area contributed by atoms with Crippen LogP contribution in [0.5, 0.6) is 0 Å². The number of carbonyl (C=O) groups excluding carboxylic acids is 3. The van der Waals surface area contributed by atoms with Crippen LogP contribution in [0.3, 0.4) is 0 Å². The summed E-state index contributed by atoms with van der Waals surface area (Å²) in [7, 11) is 0. The van der Waals surface area contributed by atoms with Gasteiger partial charge in [-0.05, 0) is 42.0 Å². The van der Waals surface area contributed by atoms with Crippen molar-refractivity contribution in [3.63, 3.8) is 0 Å². The summed E-state index contributed by atoms with van der Waals surface area (Å²) in [5, 5.41) is 2.97. The highest BCUT2D eigenvalue weighted by Gasteiger charge is 2.43. The van der Waals surface area contributed by atoms with E-state index in [-0.39, 0.29) is 24.7 Å². The molecule has 0 spiro atoms. The van der Waals surface area contributed by atoms with Gasteiger partial charge in [0.05, 0.1) is 5.41 Å². The number of esters is 1. The summed E-state index contributed by atoms with van der Waals surface area (Å²) in [6.07, 6.45) is 3.66. The van der Waals surface area contributed by atoms with Crippen molar-refractivity contribution < 1.29 is 19.1 Å². The van der Waals surface area contributed by atoms with Crippen molar-refractivity contribution in [3.05, 3.63) is 96.1 Å². The molecule has 0 unspecified atom stereocenters. The summed E-state index contributed by atoms with van der Waals surface area (Å²) in [5.41, 5.74) is 3.26. The quantitative estimate of drug-likeness (QED) is 0.378. The van der Waals surface area contributed by atoms with E-state index in [1.54, 1.807) is 0 Å². The van der Waals surface area contributed by atoms with Crippen LogP contribution in [0, 0.1) is 5.41 Å². The minimum absolute atomic E-state index is 0.00763. The Bertz CT molecular complexity index is 1170. The molecule has 0 radical (unpaired) electrons. The molecule has 0 aliphatic heterocycles. The van der Waals surface area contributed by atoms with Gasteiger partial charge in [-0.15, -0.1) is 0 Å². The third kappa shape index (κ3) is 6.48. The van der Waals surface area contributed by atoms with Crippen LogP contribution in [0.2, 0.25) is 0 Å². The molecule has 5 nitrogen and oxygen atoms in total. The second kappa shape index (κ2) is 11.8. The standard InChI is InChI=1S/C31H33NO4/c1-23(33)21-31(18-8-9-19-31)30(35)32-28(29(34)36-22-25-10-4-2-5-11-25)20-24-14-16-27(17-15-24)26-12-6-3-7-13-26/h2-7,10-17,28H,8-9,18-22H2,1H3,(H,32,35)/t28-/m0/s1. The Labute approximate surface area is 212 Å². The van der Waals surface area contributed by atoms with E-state index >= 15 is 0 Å². The van der Waals surface area contributed by atoms with Crippen LogP contribution in [-0.2, 0) is 32.1 Å². The molecule has 1 atom stereocenters. The average Bonchev–Trinajstić information content (AvgIpc) is 3.37. The number of benzene rings is 3. The van der Waals surface area contributed by atoms with E-state index < -0.39 is 17.4 Å². The van der Waals surface area contributed by atoms with Crippen LogP contribution >= 0.6 is 0 Å². The number of carbonyl (C=O) groups is 3. The van der Waals surface area contributed by atoms with Crippen molar-refractivity contribution in [2.45, 2.75) is 58.1 Å². The lowest BCUT2D eigenvalue weighted by molar-refractivity contribution is -0.150. The fraction of sp³-hybridized carbons (Fsp3) is 0.323. The molecule has 0 aromatic heterocycles. The molecule has 5 heteroatoms. The molecule has 1 amide bonds. The van der Waals surface area contributed by atoms with Gasteiger partial charge >= 0.3 is 5.97 Å². The van der Waals surface area contributed by atoms with Crippen LogP contribution < -0.4 is 5.32 Å². The molecule has 36 heavy (non-hydrogen) atoms. The lowest BCUT2D eigenvalue weighted by Gasteiger charge is -2.29. The first-order valence-corrected chi connectivity index (χ1v) is 12.6. The Morgan fingerprint density at radius 2 is 1.39 bits per heavy atom. The Balaban J connectivity index is 1.51. The summed E-state index contributed by atoms with van der Waals surface area (Å²) < 4.78 is 5.61.